The molecule has 2 amide bonds. The van der Waals surface area contributed by atoms with E-state index in [0.29, 0.717) is 25.1 Å². The maximum atomic E-state index is 14.4. The average molecular weight is 535 g/mol. The second-order valence-corrected chi connectivity index (χ2v) is 10.6. The number of carbonyl (C=O) groups is 2. The molecule has 3 fully saturated rings. The number of methoxy groups -OCH3 is 1. The maximum Gasteiger partial charge on any atom is 0.274 e. The Morgan fingerprint density at radius 1 is 1.21 bits per heavy atom. The number of piperidine rings is 1. The minimum absolute atomic E-state index is 0.0586. The molecule has 3 aliphatic rings. The molecule has 3 aromatic heterocycles. The van der Waals surface area contributed by atoms with Gasteiger partial charge in [-0.2, -0.15) is 5.10 Å². The first-order valence-corrected chi connectivity index (χ1v) is 13.3. The first kappa shape index (κ1) is 25.2. The van der Waals surface area contributed by atoms with E-state index in [-0.39, 0.29) is 46.5 Å². The number of nitrogens with one attached hydrogen (secondary N) is 2. The minimum atomic E-state index is -0.540. The highest BCUT2D eigenvalue weighted by Gasteiger charge is 2.54. The Morgan fingerprint density at radius 2 is 2.05 bits per heavy atom. The summed E-state index contributed by atoms with van der Waals surface area (Å²) in [6, 6.07) is 4.98. The van der Waals surface area contributed by atoms with Crippen LogP contribution in [0, 0.1) is 18.7 Å². The van der Waals surface area contributed by atoms with Gasteiger partial charge >= 0.3 is 0 Å². The molecule has 1 aliphatic carbocycles. The minimum Gasteiger partial charge on any atom is -0.481 e. The van der Waals surface area contributed by atoms with Gasteiger partial charge in [-0.1, -0.05) is 0 Å². The van der Waals surface area contributed by atoms with Crippen molar-refractivity contribution < 1.29 is 18.7 Å². The first-order valence-electron chi connectivity index (χ1n) is 13.3. The van der Waals surface area contributed by atoms with Crippen molar-refractivity contribution in [1.82, 2.24) is 35.4 Å². The van der Waals surface area contributed by atoms with Crippen LogP contribution in [-0.4, -0.2) is 80.2 Å². The molecule has 0 unspecified atom stereocenters. The highest BCUT2D eigenvalue weighted by molar-refractivity contribution is 5.94. The second-order valence-electron chi connectivity index (χ2n) is 10.6. The van der Waals surface area contributed by atoms with E-state index in [2.05, 4.69) is 35.4 Å². The molecular formula is C27H31FN8O3. The number of carbonyl (C=O) groups excluding carboxylic acids is 2. The largest absolute Gasteiger partial charge is 0.481 e. The number of aromatic amines is 1. The number of aryl methyl sites for hydroxylation is 1. The quantitative estimate of drug-likeness (QED) is 0.494. The van der Waals surface area contributed by atoms with Crippen molar-refractivity contribution in [3.05, 3.63) is 47.9 Å². The molecule has 2 N–H and O–H groups in total. The highest BCUT2D eigenvalue weighted by Crippen LogP contribution is 2.50. The van der Waals surface area contributed by atoms with Crippen LogP contribution in [0.25, 0.3) is 11.3 Å². The number of likely N-dealkylation sites (tertiary alicyclic amines) is 1. The fourth-order valence-electron chi connectivity index (χ4n) is 5.82. The van der Waals surface area contributed by atoms with Gasteiger partial charge in [-0.25, -0.2) is 19.3 Å². The Balaban J connectivity index is 1.08. The number of halogens is 1. The van der Waals surface area contributed by atoms with Gasteiger partial charge in [-0.3, -0.25) is 14.7 Å². The monoisotopic (exact) mass is 534 g/mol. The summed E-state index contributed by atoms with van der Waals surface area (Å²) in [4.78, 5) is 43.2. The summed E-state index contributed by atoms with van der Waals surface area (Å²) < 4.78 is 19.5. The van der Waals surface area contributed by atoms with E-state index in [1.54, 1.807) is 12.3 Å². The van der Waals surface area contributed by atoms with Gasteiger partial charge in [0.25, 0.3) is 5.91 Å². The molecule has 1 spiro atoms. The van der Waals surface area contributed by atoms with Gasteiger partial charge in [0.1, 0.15) is 11.6 Å². The Hall–Kier alpha value is -4.09. The summed E-state index contributed by atoms with van der Waals surface area (Å²) in [7, 11) is 1.45. The van der Waals surface area contributed by atoms with Crippen LogP contribution >= 0.6 is 0 Å². The van der Waals surface area contributed by atoms with E-state index in [9.17, 15) is 14.0 Å². The Bertz CT molecular complexity index is 1410. The number of anilines is 1. The number of amides is 2. The lowest BCUT2D eigenvalue weighted by atomic mass is 9.87. The number of pyridine rings is 1. The molecule has 1 saturated carbocycles. The molecule has 0 radical (unpaired) electrons. The van der Waals surface area contributed by atoms with Gasteiger partial charge in [-0.15, -0.1) is 0 Å². The predicted octanol–water partition coefficient (Wildman–Crippen LogP) is 2.50. The molecule has 0 aromatic carbocycles. The number of nitrogens with zero attached hydrogens (tertiary/aromatic N) is 6. The third kappa shape index (κ3) is 4.90. The lowest BCUT2D eigenvalue weighted by Gasteiger charge is -2.39. The van der Waals surface area contributed by atoms with Crippen molar-refractivity contribution >= 4 is 17.6 Å². The Morgan fingerprint density at radius 3 is 2.82 bits per heavy atom. The predicted molar refractivity (Wildman–Crippen MR) is 140 cm³/mol. The molecule has 3 aromatic rings. The number of hydrogen-bond donors (Lipinski definition) is 2. The third-order valence-electron chi connectivity index (χ3n) is 8.09. The van der Waals surface area contributed by atoms with Crippen LogP contribution in [0.5, 0.6) is 5.88 Å². The standard InChI is InChI=1S/C27H31FN8O3/c1-16-29-8-3-23(31-16)35-9-5-18(15-35)32-25(37)17-4-10-36(27(13-17)6-7-27)26(38)22-12-21(33-34-22)19-11-24(39-2)30-14-20(19)28/h3,8,11-12,14,17-18H,4-7,9-10,13,15H2,1-2H3,(H,32,37)(H,33,34)/t17-,18+/m0/s1. The molecule has 39 heavy (non-hydrogen) atoms. The summed E-state index contributed by atoms with van der Waals surface area (Å²) in [5, 5.41) is 10.2. The molecule has 2 atom stereocenters. The number of aromatic nitrogens is 5. The van der Waals surface area contributed by atoms with E-state index in [1.807, 2.05) is 17.9 Å². The van der Waals surface area contributed by atoms with Crippen LogP contribution in [0.15, 0.2) is 30.6 Å². The smallest absolute Gasteiger partial charge is 0.274 e. The normalized spacial score (nSPS) is 21.7. The van der Waals surface area contributed by atoms with Gasteiger partial charge < -0.3 is 19.9 Å². The van der Waals surface area contributed by atoms with Gasteiger partial charge in [-0.05, 0) is 51.2 Å². The number of ether oxygens (including phenoxy) is 1. The third-order valence-corrected chi connectivity index (χ3v) is 8.09. The molecule has 0 bridgehead atoms. The van der Waals surface area contributed by atoms with Crippen LogP contribution < -0.4 is 15.0 Å². The molecule has 204 valence electrons. The average Bonchev–Trinajstić information content (AvgIpc) is 3.31. The molecule has 12 heteroatoms. The van der Waals surface area contributed by atoms with Gasteiger partial charge in [0, 0.05) is 55.0 Å². The second kappa shape index (κ2) is 9.90. The lowest BCUT2D eigenvalue weighted by Crippen LogP contribution is -2.52. The van der Waals surface area contributed by atoms with Crippen LogP contribution in [0.3, 0.4) is 0 Å². The van der Waals surface area contributed by atoms with Crippen LogP contribution in [-0.2, 0) is 4.79 Å². The van der Waals surface area contributed by atoms with E-state index >= 15 is 0 Å². The lowest BCUT2D eigenvalue weighted by molar-refractivity contribution is -0.127. The Labute approximate surface area is 225 Å². The summed E-state index contributed by atoms with van der Waals surface area (Å²) in [6.45, 7) is 3.90. The van der Waals surface area contributed by atoms with Crippen molar-refractivity contribution in [2.45, 2.75) is 50.6 Å². The van der Waals surface area contributed by atoms with Crippen molar-refractivity contribution in [3.8, 4) is 17.1 Å². The first-order chi connectivity index (χ1) is 18.8. The van der Waals surface area contributed by atoms with Crippen molar-refractivity contribution in [1.29, 1.82) is 0 Å². The van der Waals surface area contributed by atoms with Crippen LogP contribution in [0.1, 0.15) is 48.4 Å². The van der Waals surface area contributed by atoms with Crippen molar-refractivity contribution in [2.24, 2.45) is 5.92 Å². The SMILES string of the molecule is COc1cc(-c2cc(C(=O)N3CC[C@H](C(=O)N[C@@H]4CCN(c5ccnc(C)n5)C4)CC34CC4)n[nH]2)c(F)cn1. The van der Waals surface area contributed by atoms with E-state index in [0.717, 1.165) is 50.2 Å². The Kier molecular flexibility index (Phi) is 6.40. The fourth-order valence-corrected chi connectivity index (χ4v) is 5.82. The number of hydrogen-bond acceptors (Lipinski definition) is 8. The molecule has 2 aliphatic heterocycles. The summed E-state index contributed by atoms with van der Waals surface area (Å²) in [5.74, 6) is 1.05. The van der Waals surface area contributed by atoms with Gasteiger partial charge in [0.2, 0.25) is 11.8 Å². The zero-order valence-corrected chi connectivity index (χ0v) is 22.0. The number of H-pyrrole nitrogens is 1. The summed E-state index contributed by atoms with van der Waals surface area (Å²) in [6.07, 6.45) is 6.65. The zero-order chi connectivity index (χ0) is 27.1. The van der Waals surface area contributed by atoms with Crippen molar-refractivity contribution in [3.63, 3.8) is 0 Å². The van der Waals surface area contributed by atoms with Gasteiger partial charge in [0.15, 0.2) is 11.5 Å². The summed E-state index contributed by atoms with van der Waals surface area (Å²) in [5.41, 5.74) is 0.505. The zero-order valence-electron chi connectivity index (χ0n) is 22.0. The molecule has 11 nitrogen and oxygen atoms in total. The van der Waals surface area contributed by atoms with Crippen LogP contribution in [0.2, 0.25) is 0 Å². The van der Waals surface area contributed by atoms with Crippen LogP contribution in [0.4, 0.5) is 10.2 Å². The van der Waals surface area contributed by atoms with Gasteiger partial charge in [0.05, 0.1) is 19.0 Å². The maximum absolute atomic E-state index is 14.4. The van der Waals surface area contributed by atoms with Crippen molar-refractivity contribution in [2.75, 3.05) is 31.6 Å². The fraction of sp³-hybridized carbons (Fsp3) is 0.481. The topological polar surface area (TPSA) is 129 Å². The molecular weight excluding hydrogens is 503 g/mol. The molecule has 2 saturated heterocycles. The van der Waals surface area contributed by atoms with E-state index in [1.165, 1.54) is 13.2 Å². The molecule has 5 heterocycles. The van der Waals surface area contributed by atoms with E-state index in [4.69, 9.17) is 4.74 Å². The highest BCUT2D eigenvalue weighted by atomic mass is 19.1. The summed E-state index contributed by atoms with van der Waals surface area (Å²) >= 11 is 0. The number of rotatable bonds is 6. The van der Waals surface area contributed by atoms with E-state index < -0.39 is 5.82 Å². The molecule has 6 rings (SSSR count).